The maximum Gasteiger partial charge on any atom is 0.326 e. The Morgan fingerprint density at radius 3 is 2.38 bits per heavy atom. The number of carbonyl (C=O) groups is 2. The molecule has 1 fully saturated rings. The molecule has 1 rings (SSSR count). The van der Waals surface area contributed by atoms with Gasteiger partial charge in [-0.3, -0.25) is 0 Å². The Morgan fingerprint density at radius 2 is 1.95 bits per heavy atom. The fourth-order valence-electron chi connectivity index (χ4n) is 2.57. The van der Waals surface area contributed by atoms with Crippen molar-refractivity contribution in [1.29, 1.82) is 0 Å². The van der Waals surface area contributed by atoms with Gasteiger partial charge < -0.3 is 20.6 Å². The van der Waals surface area contributed by atoms with E-state index in [2.05, 4.69) is 29.4 Å². The molecule has 2 atom stereocenters. The molecule has 0 aromatic heterocycles. The van der Waals surface area contributed by atoms with Crippen LogP contribution in [0.2, 0.25) is 0 Å². The molecule has 6 nitrogen and oxygen atoms in total. The first-order valence-electron chi connectivity index (χ1n) is 7.62. The van der Waals surface area contributed by atoms with E-state index in [4.69, 9.17) is 0 Å². The second-order valence-corrected chi connectivity index (χ2v) is 7.24. The molecule has 1 aliphatic heterocycles. The van der Waals surface area contributed by atoms with Gasteiger partial charge in [-0.15, -0.1) is 0 Å². The molecule has 0 aromatic carbocycles. The molecule has 0 spiro atoms. The van der Waals surface area contributed by atoms with Crippen molar-refractivity contribution in [2.75, 3.05) is 19.6 Å². The molecule has 122 valence electrons. The maximum absolute atomic E-state index is 11.9. The summed E-state index contributed by atoms with van der Waals surface area (Å²) >= 11 is 0. The van der Waals surface area contributed by atoms with Crippen molar-refractivity contribution in [3.63, 3.8) is 0 Å². The topological polar surface area (TPSA) is 81.7 Å². The number of likely N-dealkylation sites (tertiary alicyclic amines) is 1. The quantitative estimate of drug-likeness (QED) is 0.719. The van der Waals surface area contributed by atoms with Gasteiger partial charge in [0.05, 0.1) is 0 Å². The lowest BCUT2D eigenvalue weighted by atomic mass is 9.87. The molecule has 0 aliphatic carbocycles. The number of hydrogen-bond donors (Lipinski definition) is 3. The summed E-state index contributed by atoms with van der Waals surface area (Å²) in [7, 11) is 0. The highest BCUT2D eigenvalue weighted by molar-refractivity contribution is 5.83. The van der Waals surface area contributed by atoms with E-state index in [-0.39, 0.29) is 0 Å². The largest absolute Gasteiger partial charge is 0.480 e. The number of carboxylic acid groups (broad SMARTS) is 1. The van der Waals surface area contributed by atoms with Crippen LogP contribution in [0.3, 0.4) is 0 Å². The van der Waals surface area contributed by atoms with Crippen LogP contribution in [0.15, 0.2) is 0 Å². The molecule has 0 bridgehead atoms. The molecular formula is C15H29N3O3. The van der Waals surface area contributed by atoms with Crippen molar-refractivity contribution in [2.24, 2.45) is 11.3 Å². The van der Waals surface area contributed by atoms with Gasteiger partial charge in [-0.1, -0.05) is 20.8 Å². The molecule has 3 N–H and O–H groups in total. The van der Waals surface area contributed by atoms with Gasteiger partial charge >= 0.3 is 12.0 Å². The van der Waals surface area contributed by atoms with Crippen molar-refractivity contribution >= 4 is 12.0 Å². The molecule has 2 unspecified atom stereocenters. The first-order chi connectivity index (χ1) is 9.61. The van der Waals surface area contributed by atoms with Gasteiger partial charge in [-0.25, -0.2) is 9.59 Å². The molecule has 0 radical (unpaired) electrons. The van der Waals surface area contributed by atoms with Crippen LogP contribution in [0.1, 0.15) is 41.0 Å². The number of aliphatic carboxylic acids is 1. The molecule has 1 aliphatic rings. The lowest BCUT2D eigenvalue weighted by Crippen LogP contribution is -2.52. The summed E-state index contributed by atoms with van der Waals surface area (Å²) in [4.78, 5) is 25.5. The Labute approximate surface area is 127 Å². The number of nitrogens with one attached hydrogen (secondary N) is 2. The van der Waals surface area contributed by atoms with E-state index in [1.807, 2.05) is 0 Å². The lowest BCUT2D eigenvalue weighted by molar-refractivity contribution is -0.141. The average Bonchev–Trinajstić information content (AvgIpc) is 2.80. The monoisotopic (exact) mass is 299 g/mol. The van der Waals surface area contributed by atoms with Crippen molar-refractivity contribution in [2.45, 2.75) is 53.1 Å². The SMILES string of the molecule is CC(C)N1CCC(CNC(=O)NC(C(=O)O)C(C)(C)C)C1. The fraction of sp³-hybridized carbons (Fsp3) is 0.867. The molecule has 2 amide bonds. The molecule has 1 heterocycles. The van der Waals surface area contributed by atoms with Crippen LogP contribution in [-0.2, 0) is 4.79 Å². The van der Waals surface area contributed by atoms with E-state index >= 15 is 0 Å². The van der Waals surface area contributed by atoms with Crippen molar-refractivity contribution in [3.05, 3.63) is 0 Å². The number of hydrogen-bond acceptors (Lipinski definition) is 3. The lowest BCUT2D eigenvalue weighted by Gasteiger charge is -2.28. The van der Waals surface area contributed by atoms with Crippen LogP contribution in [0, 0.1) is 11.3 Å². The minimum atomic E-state index is -1.01. The Bertz CT molecular complexity index is 377. The number of rotatable bonds is 5. The number of nitrogens with zero attached hydrogens (tertiary/aromatic N) is 1. The summed E-state index contributed by atoms with van der Waals surface area (Å²) < 4.78 is 0. The van der Waals surface area contributed by atoms with E-state index < -0.39 is 23.5 Å². The zero-order valence-electron chi connectivity index (χ0n) is 13.8. The zero-order valence-corrected chi connectivity index (χ0v) is 13.8. The van der Waals surface area contributed by atoms with E-state index in [1.165, 1.54) is 0 Å². The smallest absolute Gasteiger partial charge is 0.326 e. The van der Waals surface area contributed by atoms with Gasteiger partial charge in [0.2, 0.25) is 0 Å². The molecule has 21 heavy (non-hydrogen) atoms. The van der Waals surface area contributed by atoms with Gasteiger partial charge in [-0.2, -0.15) is 0 Å². The standard InChI is InChI=1S/C15H29N3O3/c1-10(2)18-7-6-11(9-18)8-16-14(21)17-12(13(19)20)15(3,4)5/h10-12H,6-9H2,1-5H3,(H,19,20)(H2,16,17,21). The highest BCUT2D eigenvalue weighted by Crippen LogP contribution is 2.20. The van der Waals surface area contributed by atoms with Crippen LogP contribution in [0.25, 0.3) is 0 Å². The van der Waals surface area contributed by atoms with Gasteiger partial charge in [0, 0.05) is 19.1 Å². The first-order valence-corrected chi connectivity index (χ1v) is 7.62. The summed E-state index contributed by atoms with van der Waals surface area (Å²) in [6, 6.07) is -0.769. The second kappa shape index (κ2) is 7.11. The molecule has 1 saturated heterocycles. The van der Waals surface area contributed by atoms with Crippen LogP contribution in [0.4, 0.5) is 4.79 Å². The van der Waals surface area contributed by atoms with Crippen LogP contribution < -0.4 is 10.6 Å². The number of urea groups is 1. The zero-order chi connectivity index (χ0) is 16.2. The van der Waals surface area contributed by atoms with E-state index in [1.54, 1.807) is 20.8 Å². The summed E-state index contributed by atoms with van der Waals surface area (Å²) in [6.07, 6.45) is 1.07. The second-order valence-electron chi connectivity index (χ2n) is 7.24. The van der Waals surface area contributed by atoms with E-state index in [0.29, 0.717) is 18.5 Å². The van der Waals surface area contributed by atoms with Gasteiger partial charge in [0.1, 0.15) is 6.04 Å². The summed E-state index contributed by atoms with van der Waals surface area (Å²) in [6.45, 7) is 12.4. The van der Waals surface area contributed by atoms with Gasteiger partial charge in [0.25, 0.3) is 0 Å². The van der Waals surface area contributed by atoms with E-state index in [0.717, 1.165) is 19.5 Å². The summed E-state index contributed by atoms with van der Waals surface area (Å²) in [5.74, 6) is -0.569. The number of carboxylic acids is 1. The highest BCUT2D eigenvalue weighted by atomic mass is 16.4. The van der Waals surface area contributed by atoms with Crippen molar-refractivity contribution < 1.29 is 14.7 Å². The third kappa shape index (κ3) is 5.53. The Morgan fingerprint density at radius 1 is 1.33 bits per heavy atom. The molecule has 0 aromatic rings. The molecular weight excluding hydrogens is 270 g/mol. The van der Waals surface area contributed by atoms with E-state index in [9.17, 15) is 14.7 Å². The predicted molar refractivity (Wildman–Crippen MR) is 82.2 cm³/mol. The Balaban J connectivity index is 2.39. The maximum atomic E-state index is 11.9. The van der Waals surface area contributed by atoms with Gasteiger partial charge in [-0.05, 0) is 38.1 Å². The number of carbonyl (C=O) groups excluding carboxylic acids is 1. The third-order valence-corrected chi connectivity index (χ3v) is 3.99. The minimum absolute atomic E-state index is 0.402. The van der Waals surface area contributed by atoms with Crippen LogP contribution >= 0.6 is 0 Å². The summed E-state index contributed by atoms with van der Waals surface area (Å²) in [5.41, 5.74) is -0.523. The van der Waals surface area contributed by atoms with Crippen molar-refractivity contribution in [3.8, 4) is 0 Å². The molecule has 6 heteroatoms. The normalized spacial score (nSPS) is 21.3. The first kappa shape index (κ1) is 17.8. The third-order valence-electron chi connectivity index (χ3n) is 3.99. The Hall–Kier alpha value is -1.30. The fourth-order valence-corrected chi connectivity index (χ4v) is 2.57. The predicted octanol–water partition coefficient (Wildman–Crippen LogP) is 1.52. The highest BCUT2D eigenvalue weighted by Gasteiger charge is 2.33. The Kier molecular flexibility index (Phi) is 6.01. The molecule has 0 saturated carbocycles. The van der Waals surface area contributed by atoms with Crippen LogP contribution in [0.5, 0.6) is 0 Å². The minimum Gasteiger partial charge on any atom is -0.480 e. The average molecular weight is 299 g/mol. The van der Waals surface area contributed by atoms with Gasteiger partial charge in [0.15, 0.2) is 0 Å². The summed E-state index contributed by atoms with van der Waals surface area (Å²) in [5, 5.41) is 14.5. The van der Waals surface area contributed by atoms with Crippen molar-refractivity contribution in [1.82, 2.24) is 15.5 Å². The van der Waals surface area contributed by atoms with Crippen LogP contribution in [-0.4, -0.2) is 53.7 Å². The number of amides is 2.